The number of nitrogens with two attached hydrogens (primary N) is 1. The minimum Gasteiger partial charge on any atom is -0.439 e. The van der Waals surface area contributed by atoms with Crippen LogP contribution in [0.5, 0.6) is 0 Å². The van der Waals surface area contributed by atoms with Crippen LogP contribution in [0.15, 0.2) is 22.6 Å². The highest BCUT2D eigenvalue weighted by Gasteiger charge is 2.12. The average Bonchev–Trinajstić information content (AvgIpc) is 2.76. The number of rotatable bonds is 6. The number of anilines is 1. The molecule has 0 saturated heterocycles. The van der Waals surface area contributed by atoms with Crippen LogP contribution >= 0.6 is 0 Å². The highest BCUT2D eigenvalue weighted by atomic mass is 16.3. The van der Waals surface area contributed by atoms with Crippen LogP contribution in [-0.2, 0) is 6.54 Å². The first-order valence-electron chi connectivity index (χ1n) is 6.82. The number of nitriles is 1. The number of benzene rings is 1. The first-order valence-corrected chi connectivity index (χ1v) is 6.82. The Bertz CT molecular complexity index is 612. The van der Waals surface area contributed by atoms with Gasteiger partial charge in [-0.25, -0.2) is 4.98 Å². The monoisotopic (exact) mass is 272 g/mol. The van der Waals surface area contributed by atoms with Crippen LogP contribution in [0.25, 0.3) is 11.1 Å². The first kappa shape index (κ1) is 14.4. The molecule has 0 fully saturated rings. The zero-order valence-corrected chi connectivity index (χ0v) is 12.0. The molecule has 2 N–H and O–H groups in total. The summed E-state index contributed by atoms with van der Waals surface area (Å²) in [5, 5.41) is 8.73. The fourth-order valence-corrected chi connectivity index (χ4v) is 2.21. The summed E-state index contributed by atoms with van der Waals surface area (Å²) < 4.78 is 5.73. The Morgan fingerprint density at radius 1 is 1.45 bits per heavy atom. The third-order valence-corrected chi connectivity index (χ3v) is 2.98. The van der Waals surface area contributed by atoms with Gasteiger partial charge in [-0.2, -0.15) is 5.26 Å². The van der Waals surface area contributed by atoms with Gasteiger partial charge in [0.05, 0.1) is 12.6 Å². The van der Waals surface area contributed by atoms with Crippen LogP contribution in [0.1, 0.15) is 26.2 Å². The summed E-state index contributed by atoms with van der Waals surface area (Å²) in [6, 6.07) is 7.64. The maximum absolute atomic E-state index is 8.73. The second-order valence-corrected chi connectivity index (χ2v) is 5.37. The Kier molecular flexibility index (Phi) is 4.59. The van der Waals surface area contributed by atoms with Crippen LogP contribution in [0, 0.1) is 17.2 Å². The SMILES string of the molecule is CC(C)CN(CCC#N)Cc1nc2ccc(N)cc2o1. The first-order chi connectivity index (χ1) is 9.58. The summed E-state index contributed by atoms with van der Waals surface area (Å²) in [6.07, 6.45) is 0.514. The third kappa shape index (κ3) is 3.72. The molecule has 5 nitrogen and oxygen atoms in total. The smallest absolute Gasteiger partial charge is 0.209 e. The molecule has 0 aliphatic rings. The van der Waals surface area contributed by atoms with Gasteiger partial charge >= 0.3 is 0 Å². The molecule has 106 valence electrons. The molecule has 2 rings (SSSR count). The molecular weight excluding hydrogens is 252 g/mol. The van der Waals surface area contributed by atoms with Gasteiger partial charge in [-0.1, -0.05) is 13.8 Å². The zero-order valence-electron chi connectivity index (χ0n) is 12.0. The molecule has 1 aromatic carbocycles. The summed E-state index contributed by atoms with van der Waals surface area (Å²) in [5.41, 5.74) is 7.93. The normalized spacial score (nSPS) is 11.3. The number of nitrogen functional groups attached to an aromatic ring is 1. The maximum Gasteiger partial charge on any atom is 0.209 e. The van der Waals surface area contributed by atoms with Crippen LogP contribution in [0.2, 0.25) is 0 Å². The second kappa shape index (κ2) is 6.40. The van der Waals surface area contributed by atoms with Gasteiger partial charge in [0, 0.05) is 31.3 Å². The van der Waals surface area contributed by atoms with Gasteiger partial charge in [-0.15, -0.1) is 0 Å². The topological polar surface area (TPSA) is 79.1 Å². The van der Waals surface area contributed by atoms with Crippen molar-refractivity contribution in [2.24, 2.45) is 5.92 Å². The Labute approximate surface area is 119 Å². The van der Waals surface area contributed by atoms with Gasteiger partial charge in [-0.05, 0) is 18.1 Å². The van der Waals surface area contributed by atoms with Crippen molar-refractivity contribution < 1.29 is 4.42 Å². The minimum absolute atomic E-state index is 0.514. The van der Waals surface area contributed by atoms with E-state index < -0.39 is 0 Å². The summed E-state index contributed by atoms with van der Waals surface area (Å²) in [7, 11) is 0. The predicted octanol–water partition coefficient (Wildman–Crippen LogP) is 2.78. The highest BCUT2D eigenvalue weighted by Crippen LogP contribution is 2.19. The van der Waals surface area contributed by atoms with Gasteiger partial charge in [0.1, 0.15) is 5.52 Å². The molecule has 1 heterocycles. The van der Waals surface area contributed by atoms with Crippen molar-refractivity contribution in [3.63, 3.8) is 0 Å². The molecule has 0 saturated carbocycles. The maximum atomic E-state index is 8.73. The number of oxazole rings is 1. The lowest BCUT2D eigenvalue weighted by molar-refractivity contribution is 0.221. The Morgan fingerprint density at radius 3 is 2.95 bits per heavy atom. The fourth-order valence-electron chi connectivity index (χ4n) is 2.21. The molecule has 0 unspecified atom stereocenters. The molecule has 2 aromatic rings. The van der Waals surface area contributed by atoms with Gasteiger partial charge < -0.3 is 10.2 Å². The van der Waals surface area contributed by atoms with Gasteiger partial charge in [-0.3, -0.25) is 4.90 Å². The number of hydrogen-bond donors (Lipinski definition) is 1. The van der Waals surface area contributed by atoms with Crippen LogP contribution in [-0.4, -0.2) is 23.0 Å². The fraction of sp³-hybridized carbons (Fsp3) is 0.467. The number of nitrogens with zero attached hydrogens (tertiary/aromatic N) is 3. The molecule has 0 bridgehead atoms. The highest BCUT2D eigenvalue weighted by molar-refractivity contribution is 5.76. The summed E-state index contributed by atoms with van der Waals surface area (Å²) in [4.78, 5) is 6.66. The van der Waals surface area contributed by atoms with E-state index in [1.165, 1.54) is 0 Å². The Hall–Kier alpha value is -2.06. The molecule has 0 amide bonds. The number of hydrogen-bond acceptors (Lipinski definition) is 5. The third-order valence-electron chi connectivity index (χ3n) is 2.98. The van der Waals surface area contributed by atoms with E-state index in [9.17, 15) is 0 Å². The number of aromatic nitrogens is 1. The summed E-state index contributed by atoms with van der Waals surface area (Å²) in [6.45, 7) is 6.59. The van der Waals surface area contributed by atoms with E-state index in [1.807, 2.05) is 12.1 Å². The average molecular weight is 272 g/mol. The molecule has 0 aliphatic carbocycles. The standard InChI is InChI=1S/C15H20N4O/c1-11(2)9-19(7-3-6-16)10-15-18-13-5-4-12(17)8-14(13)20-15/h4-5,8,11H,3,7,9-10,17H2,1-2H3. The van der Waals surface area contributed by atoms with E-state index in [2.05, 4.69) is 29.8 Å². The lowest BCUT2D eigenvalue weighted by Gasteiger charge is -2.21. The van der Waals surface area contributed by atoms with E-state index in [4.69, 9.17) is 15.4 Å². The zero-order chi connectivity index (χ0) is 14.5. The molecule has 20 heavy (non-hydrogen) atoms. The Balaban J connectivity index is 2.12. The van der Waals surface area contributed by atoms with Crippen molar-refractivity contribution >= 4 is 16.8 Å². The van der Waals surface area contributed by atoms with Gasteiger partial charge in [0.25, 0.3) is 0 Å². The van der Waals surface area contributed by atoms with E-state index in [0.29, 0.717) is 36.0 Å². The predicted molar refractivity (Wildman–Crippen MR) is 78.8 cm³/mol. The van der Waals surface area contributed by atoms with Crippen molar-refractivity contribution in [1.82, 2.24) is 9.88 Å². The number of fused-ring (bicyclic) bond motifs is 1. The molecule has 0 atom stereocenters. The lowest BCUT2D eigenvalue weighted by Crippen LogP contribution is -2.28. The van der Waals surface area contributed by atoms with Crippen LogP contribution < -0.4 is 5.73 Å². The van der Waals surface area contributed by atoms with E-state index >= 15 is 0 Å². The molecule has 0 radical (unpaired) electrons. The second-order valence-electron chi connectivity index (χ2n) is 5.37. The molecule has 0 aliphatic heterocycles. The van der Waals surface area contributed by atoms with Crippen molar-refractivity contribution in [2.75, 3.05) is 18.8 Å². The van der Waals surface area contributed by atoms with Crippen LogP contribution in [0.3, 0.4) is 0 Å². The van der Waals surface area contributed by atoms with Crippen molar-refractivity contribution in [3.05, 3.63) is 24.1 Å². The quantitative estimate of drug-likeness (QED) is 0.818. The minimum atomic E-state index is 0.514. The van der Waals surface area contributed by atoms with Crippen molar-refractivity contribution in [1.29, 1.82) is 5.26 Å². The lowest BCUT2D eigenvalue weighted by atomic mass is 10.2. The van der Waals surface area contributed by atoms with Gasteiger partial charge in [0.15, 0.2) is 5.58 Å². The van der Waals surface area contributed by atoms with Gasteiger partial charge in [0.2, 0.25) is 5.89 Å². The Morgan fingerprint density at radius 2 is 2.25 bits per heavy atom. The summed E-state index contributed by atoms with van der Waals surface area (Å²) >= 11 is 0. The van der Waals surface area contributed by atoms with Crippen molar-refractivity contribution in [2.45, 2.75) is 26.8 Å². The van der Waals surface area contributed by atoms with E-state index in [0.717, 1.165) is 18.6 Å². The molecule has 1 aromatic heterocycles. The van der Waals surface area contributed by atoms with Crippen LogP contribution in [0.4, 0.5) is 5.69 Å². The van der Waals surface area contributed by atoms with E-state index in [-0.39, 0.29) is 0 Å². The van der Waals surface area contributed by atoms with E-state index in [1.54, 1.807) is 6.07 Å². The molecule has 0 spiro atoms. The summed E-state index contributed by atoms with van der Waals surface area (Å²) in [5.74, 6) is 1.21. The van der Waals surface area contributed by atoms with Crippen molar-refractivity contribution in [3.8, 4) is 6.07 Å². The largest absolute Gasteiger partial charge is 0.439 e. The molecule has 5 heteroatoms. The molecular formula is C15H20N4O.